The van der Waals surface area contributed by atoms with Gasteiger partial charge in [-0.15, -0.1) is 0 Å². The third-order valence-corrected chi connectivity index (χ3v) is 6.97. The van der Waals surface area contributed by atoms with E-state index in [0.29, 0.717) is 6.54 Å². The molecule has 0 radical (unpaired) electrons. The highest BCUT2D eigenvalue weighted by Gasteiger charge is 2.36. The van der Waals surface area contributed by atoms with Crippen LogP contribution in [0.5, 0.6) is 0 Å². The zero-order valence-electron chi connectivity index (χ0n) is 20.3. The van der Waals surface area contributed by atoms with Crippen LogP contribution in [-0.4, -0.2) is 53.9 Å². The topological polar surface area (TPSA) is 77.6 Å². The van der Waals surface area contributed by atoms with Gasteiger partial charge in [-0.25, -0.2) is 9.37 Å². The van der Waals surface area contributed by atoms with Gasteiger partial charge in [0, 0.05) is 25.0 Å². The van der Waals surface area contributed by atoms with Crippen molar-refractivity contribution in [3.05, 3.63) is 53.5 Å². The third-order valence-electron chi connectivity index (χ3n) is 6.97. The fraction of sp³-hybridized carbons (Fsp3) is 0.500. The van der Waals surface area contributed by atoms with Crippen molar-refractivity contribution >= 4 is 23.3 Å². The molecule has 2 N–H and O–H groups in total. The van der Waals surface area contributed by atoms with E-state index in [1.54, 1.807) is 26.2 Å². The van der Waals surface area contributed by atoms with Crippen molar-refractivity contribution in [2.45, 2.75) is 58.2 Å². The maximum Gasteiger partial charge on any atom is 0.245 e. The van der Waals surface area contributed by atoms with Crippen LogP contribution in [0.1, 0.15) is 50.8 Å². The van der Waals surface area contributed by atoms with Crippen LogP contribution in [0.4, 0.5) is 15.9 Å². The number of carbonyl (C=O) groups is 2. The van der Waals surface area contributed by atoms with Crippen molar-refractivity contribution in [2.24, 2.45) is 5.92 Å². The molecule has 3 heterocycles. The highest BCUT2D eigenvalue weighted by Crippen LogP contribution is 2.37. The number of pyridine rings is 1. The van der Waals surface area contributed by atoms with E-state index in [4.69, 9.17) is 0 Å². The quantitative estimate of drug-likeness (QED) is 0.653. The van der Waals surface area contributed by atoms with Gasteiger partial charge in [-0.05, 0) is 74.5 Å². The van der Waals surface area contributed by atoms with Gasteiger partial charge in [-0.2, -0.15) is 0 Å². The van der Waals surface area contributed by atoms with Crippen LogP contribution < -0.4 is 15.5 Å². The lowest BCUT2D eigenvalue weighted by molar-refractivity contribution is -0.138. The first-order chi connectivity index (χ1) is 16.3. The number of likely N-dealkylation sites (N-methyl/N-ethyl adjacent to an activating group) is 1. The van der Waals surface area contributed by atoms with Crippen LogP contribution >= 0.6 is 0 Å². The molecule has 3 unspecified atom stereocenters. The van der Waals surface area contributed by atoms with E-state index in [1.165, 1.54) is 6.07 Å². The molecule has 1 aromatic carbocycles. The minimum atomic E-state index is -0.585. The summed E-state index contributed by atoms with van der Waals surface area (Å²) in [5.74, 6) is 0.227. The predicted octanol–water partition coefficient (Wildman–Crippen LogP) is 3.33. The normalized spacial score (nSPS) is 19.3. The Morgan fingerprint density at radius 1 is 1.15 bits per heavy atom. The van der Waals surface area contributed by atoms with Crippen molar-refractivity contribution in [3.63, 3.8) is 0 Å². The summed E-state index contributed by atoms with van der Waals surface area (Å²) in [6.07, 6.45) is 4.36. The number of nitrogens with one attached hydrogen (secondary N) is 2. The molecule has 3 atom stereocenters. The first kappa shape index (κ1) is 24.1. The molecule has 0 aliphatic carbocycles. The maximum atomic E-state index is 13.9. The van der Waals surface area contributed by atoms with E-state index in [0.717, 1.165) is 48.4 Å². The van der Waals surface area contributed by atoms with Gasteiger partial charge in [0.25, 0.3) is 0 Å². The molecule has 7 nitrogen and oxygen atoms in total. The average Bonchev–Trinajstić information content (AvgIpc) is 3.48. The second-order valence-electron chi connectivity index (χ2n) is 9.55. The number of halogens is 1. The number of hydrogen-bond donors (Lipinski definition) is 2. The molecular formula is C26H34FN5O2. The van der Waals surface area contributed by atoms with Gasteiger partial charge in [0.2, 0.25) is 11.8 Å². The molecule has 4 rings (SSSR count). The van der Waals surface area contributed by atoms with Crippen molar-refractivity contribution in [1.29, 1.82) is 0 Å². The molecule has 0 spiro atoms. The number of anilines is 2. The van der Waals surface area contributed by atoms with Crippen LogP contribution in [-0.2, 0) is 16.0 Å². The SMILES string of the molecule is CNC(C)C(=O)NC(C(=O)N1CCCC1c1ccnc(N2CCc3ccc(F)cc32)c1)C(C)C. The molecule has 0 bridgehead atoms. The van der Waals surface area contributed by atoms with Crippen molar-refractivity contribution in [2.75, 3.05) is 25.0 Å². The van der Waals surface area contributed by atoms with Gasteiger partial charge < -0.3 is 20.4 Å². The van der Waals surface area contributed by atoms with Crippen molar-refractivity contribution in [3.8, 4) is 0 Å². The molecule has 2 aromatic rings. The standard InChI is InChI=1S/C26H34FN5O2/c1-16(2)24(30-25(33)17(3)28-4)26(34)32-12-5-6-21(32)19-9-11-29-23(14-19)31-13-10-18-7-8-20(27)15-22(18)31/h7-9,11,14-17,21,24,28H,5-6,10,12-13H2,1-4H3,(H,30,33). The fourth-order valence-corrected chi connectivity index (χ4v) is 4.86. The van der Waals surface area contributed by atoms with Gasteiger partial charge in [-0.3, -0.25) is 9.59 Å². The lowest BCUT2D eigenvalue weighted by Gasteiger charge is -2.32. The Balaban J connectivity index is 1.56. The highest BCUT2D eigenvalue weighted by atomic mass is 19.1. The summed E-state index contributed by atoms with van der Waals surface area (Å²) in [6, 6.07) is 7.82. The van der Waals surface area contributed by atoms with E-state index >= 15 is 0 Å². The Morgan fingerprint density at radius 2 is 1.94 bits per heavy atom. The number of hydrogen-bond acceptors (Lipinski definition) is 5. The minimum Gasteiger partial charge on any atom is -0.343 e. The number of carbonyl (C=O) groups excluding carboxylic acids is 2. The lowest BCUT2D eigenvalue weighted by atomic mass is 10.00. The number of amides is 2. The summed E-state index contributed by atoms with van der Waals surface area (Å²) in [7, 11) is 1.72. The number of benzene rings is 1. The maximum absolute atomic E-state index is 13.9. The molecule has 2 aliphatic heterocycles. The molecular weight excluding hydrogens is 433 g/mol. The summed E-state index contributed by atoms with van der Waals surface area (Å²) in [5, 5.41) is 5.86. The van der Waals surface area contributed by atoms with E-state index < -0.39 is 6.04 Å². The smallest absolute Gasteiger partial charge is 0.245 e. The third kappa shape index (κ3) is 4.78. The second kappa shape index (κ2) is 10.1. The van der Waals surface area contributed by atoms with Gasteiger partial charge in [-0.1, -0.05) is 19.9 Å². The Kier molecular flexibility index (Phi) is 7.16. The Labute approximate surface area is 200 Å². The summed E-state index contributed by atoms with van der Waals surface area (Å²) in [5.41, 5.74) is 2.97. The Hall–Kier alpha value is -3.00. The largest absolute Gasteiger partial charge is 0.343 e. The van der Waals surface area contributed by atoms with Crippen LogP contribution in [0, 0.1) is 11.7 Å². The molecule has 8 heteroatoms. The summed E-state index contributed by atoms with van der Waals surface area (Å²) < 4.78 is 13.9. The van der Waals surface area contributed by atoms with E-state index in [-0.39, 0.29) is 35.6 Å². The second-order valence-corrected chi connectivity index (χ2v) is 9.55. The molecule has 34 heavy (non-hydrogen) atoms. The van der Waals surface area contributed by atoms with Gasteiger partial charge >= 0.3 is 0 Å². The lowest BCUT2D eigenvalue weighted by Crippen LogP contribution is -2.54. The van der Waals surface area contributed by atoms with E-state index in [2.05, 4.69) is 15.6 Å². The van der Waals surface area contributed by atoms with Crippen molar-refractivity contribution in [1.82, 2.24) is 20.5 Å². The van der Waals surface area contributed by atoms with E-state index in [1.807, 2.05) is 41.8 Å². The molecule has 2 amide bonds. The fourth-order valence-electron chi connectivity index (χ4n) is 4.86. The first-order valence-electron chi connectivity index (χ1n) is 12.1. The average molecular weight is 468 g/mol. The molecule has 1 saturated heterocycles. The van der Waals surface area contributed by atoms with Crippen LogP contribution in [0.2, 0.25) is 0 Å². The number of aromatic nitrogens is 1. The molecule has 1 aromatic heterocycles. The van der Waals surface area contributed by atoms with Crippen LogP contribution in [0.15, 0.2) is 36.5 Å². The van der Waals surface area contributed by atoms with Gasteiger partial charge in [0.05, 0.1) is 12.1 Å². The van der Waals surface area contributed by atoms with Crippen LogP contribution in [0.3, 0.4) is 0 Å². The zero-order valence-corrected chi connectivity index (χ0v) is 20.3. The Bertz CT molecular complexity index is 1060. The van der Waals surface area contributed by atoms with Gasteiger partial charge in [0.15, 0.2) is 0 Å². The number of fused-ring (bicyclic) bond motifs is 1. The van der Waals surface area contributed by atoms with Crippen molar-refractivity contribution < 1.29 is 14.0 Å². The number of nitrogens with zero attached hydrogens (tertiary/aromatic N) is 3. The number of likely N-dealkylation sites (tertiary alicyclic amines) is 1. The zero-order chi connectivity index (χ0) is 24.4. The monoisotopic (exact) mass is 467 g/mol. The molecule has 1 fully saturated rings. The van der Waals surface area contributed by atoms with Gasteiger partial charge in [0.1, 0.15) is 17.7 Å². The highest BCUT2D eigenvalue weighted by molar-refractivity contribution is 5.90. The minimum absolute atomic E-state index is 0.0363. The van der Waals surface area contributed by atoms with Crippen LogP contribution in [0.25, 0.3) is 0 Å². The summed E-state index contributed by atoms with van der Waals surface area (Å²) in [6.45, 7) is 7.07. The Morgan fingerprint density at radius 3 is 2.68 bits per heavy atom. The number of rotatable bonds is 7. The predicted molar refractivity (Wildman–Crippen MR) is 130 cm³/mol. The van der Waals surface area contributed by atoms with E-state index in [9.17, 15) is 14.0 Å². The summed E-state index contributed by atoms with van der Waals surface area (Å²) >= 11 is 0. The summed E-state index contributed by atoms with van der Waals surface area (Å²) in [4.78, 5) is 34.6. The molecule has 0 saturated carbocycles. The molecule has 2 aliphatic rings. The first-order valence-corrected chi connectivity index (χ1v) is 12.1. The molecule has 182 valence electrons.